The van der Waals surface area contributed by atoms with Crippen LogP contribution in [-0.2, 0) is 19.0 Å². The predicted molar refractivity (Wildman–Crippen MR) is 157 cm³/mol. The van der Waals surface area contributed by atoms with Crippen LogP contribution in [-0.4, -0.2) is 83.2 Å². The fourth-order valence-corrected chi connectivity index (χ4v) is 6.54. The number of benzene rings is 2. The molecule has 5 rings (SSSR count). The number of likely N-dealkylation sites (tertiary alicyclic amines) is 1. The quantitative estimate of drug-likeness (QED) is 0.426. The molecule has 2 aliphatic heterocycles. The molecule has 2 fully saturated rings. The van der Waals surface area contributed by atoms with Crippen molar-refractivity contribution in [1.82, 2.24) is 9.80 Å². The van der Waals surface area contributed by atoms with Crippen LogP contribution < -0.4 is 0 Å². The number of aliphatic carboxylic acids is 1. The third-order valence-corrected chi connectivity index (χ3v) is 8.59. The Morgan fingerprint density at radius 2 is 1.64 bits per heavy atom. The van der Waals surface area contributed by atoms with Gasteiger partial charge in [0.15, 0.2) is 0 Å². The zero-order valence-electron chi connectivity index (χ0n) is 24.8. The zero-order chi connectivity index (χ0) is 29.9. The van der Waals surface area contributed by atoms with E-state index in [0.29, 0.717) is 58.3 Å². The van der Waals surface area contributed by atoms with Crippen molar-refractivity contribution in [3.8, 4) is 11.1 Å². The van der Waals surface area contributed by atoms with Crippen LogP contribution in [0.2, 0.25) is 0 Å². The number of amides is 2. The maximum Gasteiger partial charge on any atom is 0.410 e. The molecule has 1 atom stereocenters. The Bertz CT molecular complexity index is 1250. The minimum absolute atomic E-state index is 0.0215. The van der Waals surface area contributed by atoms with Crippen molar-refractivity contribution in [2.24, 2.45) is 0 Å². The van der Waals surface area contributed by atoms with Crippen molar-refractivity contribution in [3.63, 3.8) is 0 Å². The first kappa shape index (κ1) is 29.9. The standard InChI is InChI=1S/C33H42N2O7/c1-32(2,3)42-30(38)34-18-15-33(16-19-34)21-23(14-20-41-33)35(17-8-13-29(36)37)31(39)40-22-28-26-11-6-4-9-24(26)25-10-5-7-12-27(25)28/h4-7,9-12,23,28H,8,13-22H2,1-3H3,(H,36,37). The normalized spacial score (nSPS) is 19.6. The van der Waals surface area contributed by atoms with Gasteiger partial charge in [-0.15, -0.1) is 0 Å². The Hall–Kier alpha value is -3.59. The molecule has 3 aliphatic rings. The summed E-state index contributed by atoms with van der Waals surface area (Å²) in [6, 6.07) is 16.3. The van der Waals surface area contributed by atoms with Gasteiger partial charge in [0, 0.05) is 44.6 Å². The molecule has 0 aromatic heterocycles. The molecule has 226 valence electrons. The van der Waals surface area contributed by atoms with Crippen LogP contribution in [0.3, 0.4) is 0 Å². The summed E-state index contributed by atoms with van der Waals surface area (Å²) >= 11 is 0. The van der Waals surface area contributed by atoms with Gasteiger partial charge in [-0.1, -0.05) is 48.5 Å². The number of carbonyl (C=O) groups excluding carboxylic acids is 2. The third-order valence-electron chi connectivity index (χ3n) is 8.59. The van der Waals surface area contributed by atoms with Crippen LogP contribution in [0.4, 0.5) is 9.59 Å². The van der Waals surface area contributed by atoms with E-state index in [1.807, 2.05) is 45.0 Å². The fraction of sp³-hybridized carbons (Fsp3) is 0.545. The van der Waals surface area contributed by atoms with Crippen molar-refractivity contribution in [2.75, 3.05) is 32.8 Å². The molecule has 0 bridgehead atoms. The number of fused-ring (bicyclic) bond motifs is 3. The number of carboxylic acid groups (broad SMARTS) is 1. The fourth-order valence-electron chi connectivity index (χ4n) is 6.54. The van der Waals surface area contributed by atoms with E-state index >= 15 is 0 Å². The number of hydrogen-bond acceptors (Lipinski definition) is 6. The van der Waals surface area contributed by atoms with E-state index in [1.54, 1.807) is 9.80 Å². The van der Waals surface area contributed by atoms with E-state index in [2.05, 4.69) is 24.3 Å². The molecule has 2 amide bonds. The smallest absolute Gasteiger partial charge is 0.410 e. The number of ether oxygens (including phenoxy) is 3. The monoisotopic (exact) mass is 578 g/mol. The van der Waals surface area contributed by atoms with Crippen molar-refractivity contribution < 1.29 is 33.7 Å². The summed E-state index contributed by atoms with van der Waals surface area (Å²) in [6.45, 7) is 7.60. The lowest BCUT2D eigenvalue weighted by atomic mass is 9.82. The van der Waals surface area contributed by atoms with Gasteiger partial charge >= 0.3 is 18.2 Å². The van der Waals surface area contributed by atoms with Gasteiger partial charge in [0.25, 0.3) is 0 Å². The second-order valence-corrected chi connectivity index (χ2v) is 12.6. The third kappa shape index (κ3) is 6.72. The van der Waals surface area contributed by atoms with Crippen molar-refractivity contribution in [3.05, 3.63) is 59.7 Å². The van der Waals surface area contributed by atoms with Gasteiger partial charge in [-0.25, -0.2) is 9.59 Å². The van der Waals surface area contributed by atoms with Crippen LogP contribution in [0.25, 0.3) is 11.1 Å². The Kier molecular flexibility index (Phi) is 8.78. The van der Waals surface area contributed by atoms with Crippen LogP contribution in [0.1, 0.15) is 76.3 Å². The van der Waals surface area contributed by atoms with Gasteiger partial charge in [0.1, 0.15) is 12.2 Å². The Labute approximate surface area is 247 Å². The molecule has 1 spiro atoms. The first-order valence-corrected chi connectivity index (χ1v) is 15.0. The summed E-state index contributed by atoms with van der Waals surface area (Å²) in [5.41, 5.74) is 3.61. The SMILES string of the molecule is CC(C)(C)OC(=O)N1CCC2(CC1)CC(N(CCCC(=O)O)C(=O)OCC1c3ccccc3-c3ccccc31)CCO2. The van der Waals surface area contributed by atoms with Gasteiger partial charge in [-0.2, -0.15) is 0 Å². The number of carboxylic acids is 1. The Morgan fingerprint density at radius 3 is 2.24 bits per heavy atom. The van der Waals surface area contributed by atoms with Crippen molar-refractivity contribution >= 4 is 18.2 Å². The molecule has 1 N–H and O–H groups in total. The first-order chi connectivity index (χ1) is 20.1. The molecule has 0 saturated carbocycles. The summed E-state index contributed by atoms with van der Waals surface area (Å²) in [5, 5.41) is 9.25. The van der Waals surface area contributed by atoms with Crippen LogP contribution in [0, 0.1) is 0 Å². The molecule has 2 aromatic rings. The van der Waals surface area contributed by atoms with E-state index in [9.17, 15) is 19.5 Å². The maximum absolute atomic E-state index is 13.7. The molecule has 9 heteroatoms. The lowest BCUT2D eigenvalue weighted by Gasteiger charge is -2.48. The topological polar surface area (TPSA) is 106 Å². The van der Waals surface area contributed by atoms with Crippen LogP contribution >= 0.6 is 0 Å². The van der Waals surface area contributed by atoms with Crippen molar-refractivity contribution in [1.29, 1.82) is 0 Å². The lowest BCUT2D eigenvalue weighted by molar-refractivity contribution is -0.138. The molecule has 0 radical (unpaired) electrons. The second-order valence-electron chi connectivity index (χ2n) is 12.6. The average Bonchev–Trinajstić information content (AvgIpc) is 3.27. The predicted octanol–water partition coefficient (Wildman–Crippen LogP) is 6.05. The highest BCUT2D eigenvalue weighted by atomic mass is 16.6. The molecule has 2 aromatic carbocycles. The average molecular weight is 579 g/mol. The molecule has 1 unspecified atom stereocenters. The van der Waals surface area contributed by atoms with E-state index in [1.165, 1.54) is 0 Å². The van der Waals surface area contributed by atoms with E-state index in [-0.39, 0.29) is 31.1 Å². The highest BCUT2D eigenvalue weighted by Gasteiger charge is 2.44. The molecule has 9 nitrogen and oxygen atoms in total. The molecule has 2 heterocycles. The molecular weight excluding hydrogens is 536 g/mol. The van der Waals surface area contributed by atoms with Gasteiger partial charge in [0.2, 0.25) is 0 Å². The molecule has 1 aliphatic carbocycles. The highest BCUT2D eigenvalue weighted by molar-refractivity contribution is 5.79. The van der Waals surface area contributed by atoms with Gasteiger partial charge < -0.3 is 29.1 Å². The largest absolute Gasteiger partial charge is 0.481 e. The molecule has 2 saturated heterocycles. The minimum Gasteiger partial charge on any atom is -0.481 e. The first-order valence-electron chi connectivity index (χ1n) is 15.0. The number of rotatable bonds is 7. The minimum atomic E-state index is -0.888. The van der Waals surface area contributed by atoms with E-state index < -0.39 is 23.3 Å². The highest BCUT2D eigenvalue weighted by Crippen LogP contribution is 2.45. The number of carbonyl (C=O) groups is 3. The number of piperidine rings is 1. The summed E-state index contributed by atoms with van der Waals surface area (Å²) in [5.74, 6) is -0.944. The Balaban J connectivity index is 1.26. The maximum atomic E-state index is 13.7. The lowest BCUT2D eigenvalue weighted by Crippen LogP contribution is -2.56. The summed E-state index contributed by atoms with van der Waals surface area (Å²) < 4.78 is 17.9. The summed E-state index contributed by atoms with van der Waals surface area (Å²) in [7, 11) is 0. The van der Waals surface area contributed by atoms with E-state index in [4.69, 9.17) is 14.2 Å². The van der Waals surface area contributed by atoms with Gasteiger partial charge in [-0.3, -0.25) is 4.79 Å². The molecular formula is C33H42N2O7. The summed E-state index contributed by atoms with van der Waals surface area (Å²) in [4.78, 5) is 41.0. The van der Waals surface area contributed by atoms with Crippen LogP contribution in [0.15, 0.2) is 48.5 Å². The van der Waals surface area contributed by atoms with Crippen LogP contribution in [0.5, 0.6) is 0 Å². The van der Waals surface area contributed by atoms with Crippen molar-refractivity contribution in [2.45, 2.75) is 82.5 Å². The van der Waals surface area contributed by atoms with Gasteiger partial charge in [-0.05, 0) is 75.1 Å². The number of hydrogen-bond donors (Lipinski definition) is 1. The molecule has 42 heavy (non-hydrogen) atoms. The second kappa shape index (κ2) is 12.3. The van der Waals surface area contributed by atoms with Gasteiger partial charge in [0.05, 0.1) is 5.60 Å². The summed E-state index contributed by atoms with van der Waals surface area (Å²) in [6.07, 6.45) is 2.14. The Morgan fingerprint density at radius 1 is 1.02 bits per heavy atom. The zero-order valence-corrected chi connectivity index (χ0v) is 24.8. The number of nitrogens with zero attached hydrogens (tertiary/aromatic N) is 2. The van der Waals surface area contributed by atoms with E-state index in [0.717, 1.165) is 22.3 Å².